The third-order valence-corrected chi connectivity index (χ3v) is 3.54. The second kappa shape index (κ2) is 6.96. The summed E-state index contributed by atoms with van der Waals surface area (Å²) in [4.78, 5) is 23.9. The molecule has 2 aromatic carbocycles. The fraction of sp³-hybridized carbons (Fsp3) is 0.111. The minimum atomic E-state index is -1.26. The van der Waals surface area contributed by atoms with Crippen LogP contribution in [0.2, 0.25) is 0 Å². The number of carboxylic acid groups (broad SMARTS) is 1. The van der Waals surface area contributed by atoms with Gasteiger partial charge in [-0.25, -0.2) is 4.79 Å². The average molecular weight is 341 g/mol. The van der Waals surface area contributed by atoms with Crippen molar-refractivity contribution in [2.24, 2.45) is 0 Å². The van der Waals surface area contributed by atoms with Crippen LogP contribution in [-0.2, 0) is 4.79 Å². The zero-order valence-corrected chi connectivity index (χ0v) is 13.3. The number of para-hydroxylation sites is 1. The Morgan fingerprint density at radius 2 is 1.92 bits per heavy atom. The maximum absolute atomic E-state index is 12.4. The zero-order valence-electron chi connectivity index (χ0n) is 13.3. The largest absolute Gasteiger partial charge is 0.496 e. The van der Waals surface area contributed by atoms with Crippen molar-refractivity contribution in [2.45, 2.75) is 0 Å². The number of aliphatic carboxylic acids is 1. The number of fused-ring (bicyclic) bond motifs is 1. The molecule has 0 radical (unpaired) electrons. The van der Waals surface area contributed by atoms with Crippen LogP contribution in [0.3, 0.4) is 0 Å². The molecular formula is C18H15NO6. The van der Waals surface area contributed by atoms with E-state index in [2.05, 4.69) is 5.32 Å². The summed E-state index contributed by atoms with van der Waals surface area (Å²) in [7, 11) is 1.44. The Labute approximate surface area is 143 Å². The van der Waals surface area contributed by atoms with Crippen molar-refractivity contribution < 1.29 is 28.9 Å². The first kappa shape index (κ1) is 16.4. The van der Waals surface area contributed by atoms with E-state index in [-0.39, 0.29) is 18.1 Å². The molecule has 1 aliphatic rings. The van der Waals surface area contributed by atoms with Crippen molar-refractivity contribution in [1.82, 2.24) is 5.32 Å². The normalized spacial score (nSPS) is 12.6. The molecule has 3 rings (SSSR count). The maximum Gasteiger partial charge on any atom is 0.352 e. The number of ether oxygens (including phenoxy) is 3. The van der Waals surface area contributed by atoms with E-state index in [1.807, 2.05) is 0 Å². The van der Waals surface area contributed by atoms with Crippen LogP contribution in [0.5, 0.6) is 17.2 Å². The quantitative estimate of drug-likeness (QED) is 0.811. The molecule has 25 heavy (non-hydrogen) atoms. The van der Waals surface area contributed by atoms with Gasteiger partial charge < -0.3 is 24.6 Å². The van der Waals surface area contributed by atoms with Gasteiger partial charge in [0.25, 0.3) is 5.91 Å². The molecule has 1 amide bonds. The highest BCUT2D eigenvalue weighted by molar-refractivity contribution is 6.04. The number of hydrogen-bond donors (Lipinski definition) is 2. The number of carbonyl (C=O) groups is 2. The van der Waals surface area contributed by atoms with Crippen molar-refractivity contribution in [1.29, 1.82) is 0 Å². The molecule has 0 saturated heterocycles. The fourth-order valence-electron chi connectivity index (χ4n) is 2.34. The van der Waals surface area contributed by atoms with E-state index in [0.29, 0.717) is 22.8 Å². The van der Waals surface area contributed by atoms with Crippen LogP contribution < -0.4 is 19.5 Å². The number of carbonyl (C=O) groups excluding carboxylic acids is 1. The van der Waals surface area contributed by atoms with Crippen molar-refractivity contribution in [3.05, 3.63) is 59.3 Å². The minimum absolute atomic E-state index is 0.124. The summed E-state index contributed by atoms with van der Waals surface area (Å²) in [6.45, 7) is 0.124. The lowest BCUT2D eigenvalue weighted by Crippen LogP contribution is -2.27. The van der Waals surface area contributed by atoms with Crippen molar-refractivity contribution in [3.8, 4) is 17.2 Å². The first-order valence-corrected chi connectivity index (χ1v) is 7.37. The molecule has 0 fully saturated rings. The number of rotatable bonds is 5. The Balaban J connectivity index is 1.86. The smallest absolute Gasteiger partial charge is 0.352 e. The minimum Gasteiger partial charge on any atom is -0.496 e. The lowest BCUT2D eigenvalue weighted by atomic mass is 10.1. The van der Waals surface area contributed by atoms with Crippen molar-refractivity contribution >= 4 is 18.0 Å². The number of amides is 1. The van der Waals surface area contributed by atoms with Gasteiger partial charge in [-0.2, -0.15) is 0 Å². The van der Waals surface area contributed by atoms with E-state index >= 15 is 0 Å². The van der Waals surface area contributed by atoms with E-state index in [1.54, 1.807) is 42.5 Å². The number of hydrogen-bond acceptors (Lipinski definition) is 5. The summed E-state index contributed by atoms with van der Waals surface area (Å²) in [5.74, 6) is -0.373. The van der Waals surface area contributed by atoms with Crippen LogP contribution in [0, 0.1) is 0 Å². The van der Waals surface area contributed by atoms with Crippen molar-refractivity contribution in [2.75, 3.05) is 13.9 Å². The highest BCUT2D eigenvalue weighted by atomic mass is 16.7. The summed E-state index contributed by atoms with van der Waals surface area (Å²) in [6, 6.07) is 11.5. The summed E-state index contributed by atoms with van der Waals surface area (Å²) in [5.41, 5.74) is 0.527. The number of carboxylic acids is 1. The summed E-state index contributed by atoms with van der Waals surface area (Å²) in [5, 5.41) is 11.8. The van der Waals surface area contributed by atoms with Crippen LogP contribution in [-0.4, -0.2) is 30.9 Å². The second-order valence-electron chi connectivity index (χ2n) is 5.13. The molecule has 7 heteroatoms. The molecule has 0 spiro atoms. The molecule has 0 aliphatic carbocycles. The molecule has 0 aromatic heterocycles. The van der Waals surface area contributed by atoms with Crippen LogP contribution >= 0.6 is 0 Å². The Hall–Kier alpha value is -3.48. The second-order valence-corrected chi connectivity index (χ2v) is 5.13. The van der Waals surface area contributed by atoms with Crippen LogP contribution in [0.4, 0.5) is 0 Å². The molecule has 0 atom stereocenters. The van der Waals surface area contributed by atoms with Gasteiger partial charge in [0.1, 0.15) is 11.4 Å². The van der Waals surface area contributed by atoms with Crippen LogP contribution in [0.1, 0.15) is 15.9 Å². The first-order valence-electron chi connectivity index (χ1n) is 7.37. The van der Waals surface area contributed by atoms with E-state index < -0.39 is 11.9 Å². The summed E-state index contributed by atoms with van der Waals surface area (Å²) in [6.07, 6.45) is 1.34. The van der Waals surface area contributed by atoms with Gasteiger partial charge in [0.15, 0.2) is 11.5 Å². The monoisotopic (exact) mass is 341 g/mol. The third kappa shape index (κ3) is 3.55. The fourth-order valence-corrected chi connectivity index (χ4v) is 2.34. The van der Waals surface area contributed by atoms with Gasteiger partial charge in [0.2, 0.25) is 6.79 Å². The molecule has 7 nitrogen and oxygen atoms in total. The van der Waals surface area contributed by atoms with Crippen LogP contribution in [0.25, 0.3) is 6.08 Å². The van der Waals surface area contributed by atoms with Gasteiger partial charge in [-0.3, -0.25) is 4.79 Å². The predicted molar refractivity (Wildman–Crippen MR) is 88.6 cm³/mol. The lowest BCUT2D eigenvalue weighted by molar-refractivity contribution is -0.132. The van der Waals surface area contributed by atoms with E-state index in [9.17, 15) is 14.7 Å². The van der Waals surface area contributed by atoms with Gasteiger partial charge in [-0.15, -0.1) is 0 Å². The Morgan fingerprint density at radius 3 is 2.68 bits per heavy atom. The Bertz CT molecular complexity index is 858. The zero-order chi connectivity index (χ0) is 17.8. The van der Waals surface area contributed by atoms with Gasteiger partial charge in [-0.1, -0.05) is 18.2 Å². The van der Waals surface area contributed by atoms with Crippen molar-refractivity contribution in [3.63, 3.8) is 0 Å². The van der Waals surface area contributed by atoms with Crippen LogP contribution in [0.15, 0.2) is 48.2 Å². The number of benzene rings is 2. The standard InChI is InChI=1S/C18H15NO6/c1-23-14-5-3-2-4-12(14)17(20)19-13(18(21)22)8-11-6-7-15-16(9-11)25-10-24-15/h2-9H,10H2,1H3,(H,19,20)(H,21,22). The molecule has 0 unspecified atom stereocenters. The SMILES string of the molecule is COc1ccccc1C(=O)NC(=Cc1ccc2c(c1)OCO2)C(=O)O. The number of methoxy groups -OCH3 is 1. The van der Waals surface area contributed by atoms with E-state index in [0.717, 1.165) is 0 Å². The highest BCUT2D eigenvalue weighted by Crippen LogP contribution is 2.33. The molecule has 2 aromatic rings. The molecule has 1 heterocycles. The average Bonchev–Trinajstić information content (AvgIpc) is 3.08. The molecule has 2 N–H and O–H groups in total. The first-order chi connectivity index (χ1) is 12.1. The highest BCUT2D eigenvalue weighted by Gasteiger charge is 2.18. The molecule has 128 valence electrons. The van der Waals surface area contributed by atoms with Gasteiger partial charge in [0.05, 0.1) is 12.7 Å². The van der Waals surface area contributed by atoms with E-state index in [4.69, 9.17) is 14.2 Å². The third-order valence-electron chi connectivity index (χ3n) is 3.54. The molecular weight excluding hydrogens is 326 g/mol. The van der Waals surface area contributed by atoms with Gasteiger partial charge in [-0.05, 0) is 35.9 Å². The molecule has 1 aliphatic heterocycles. The predicted octanol–water partition coefficient (Wildman–Crippen LogP) is 2.28. The van der Waals surface area contributed by atoms with E-state index in [1.165, 1.54) is 13.2 Å². The Kier molecular flexibility index (Phi) is 4.56. The summed E-state index contributed by atoms with van der Waals surface area (Å²) >= 11 is 0. The van der Waals surface area contributed by atoms with Gasteiger partial charge in [0, 0.05) is 0 Å². The number of nitrogens with one attached hydrogen (secondary N) is 1. The maximum atomic E-state index is 12.4. The molecule has 0 bridgehead atoms. The summed E-state index contributed by atoms with van der Waals surface area (Å²) < 4.78 is 15.6. The molecule has 0 saturated carbocycles. The topological polar surface area (TPSA) is 94.1 Å². The lowest BCUT2D eigenvalue weighted by Gasteiger charge is -2.09. The van der Waals surface area contributed by atoms with Gasteiger partial charge >= 0.3 is 5.97 Å². The Morgan fingerprint density at radius 1 is 1.16 bits per heavy atom.